The van der Waals surface area contributed by atoms with E-state index in [4.69, 9.17) is 5.11 Å². The van der Waals surface area contributed by atoms with E-state index < -0.39 is 0 Å². The normalized spacial score (nSPS) is 26.4. The van der Waals surface area contributed by atoms with Crippen LogP contribution in [-0.2, 0) is 4.79 Å². The fraction of sp³-hybridized carbons (Fsp3) is 0.632. The lowest BCUT2D eigenvalue weighted by molar-refractivity contribution is -0.127. The van der Waals surface area contributed by atoms with Gasteiger partial charge in [0, 0.05) is 12.5 Å². The number of hydrogen-bond donors (Lipinski definition) is 2. The first-order chi connectivity index (χ1) is 10.6. The lowest BCUT2D eigenvalue weighted by atomic mass is 9.76. The van der Waals surface area contributed by atoms with Gasteiger partial charge < -0.3 is 10.4 Å². The molecule has 22 heavy (non-hydrogen) atoms. The highest BCUT2D eigenvalue weighted by Gasteiger charge is 2.30. The molecule has 2 N–H and O–H groups in total. The van der Waals surface area contributed by atoms with Crippen LogP contribution in [-0.4, -0.2) is 17.6 Å². The molecule has 1 amide bonds. The van der Waals surface area contributed by atoms with Gasteiger partial charge in [0.2, 0.25) is 5.91 Å². The zero-order valence-electron chi connectivity index (χ0n) is 13.8. The SMILES string of the molecule is CC1CC(C)CC(C(=O)NC(CCCO)c2ccccc2)C1. The third-order valence-electron chi connectivity index (χ3n) is 4.72. The van der Waals surface area contributed by atoms with Crippen LogP contribution >= 0.6 is 0 Å². The predicted octanol–water partition coefficient (Wildman–Crippen LogP) is 3.69. The van der Waals surface area contributed by atoms with Crippen LogP contribution in [0.1, 0.15) is 57.6 Å². The zero-order chi connectivity index (χ0) is 15.9. The molecule has 0 bridgehead atoms. The van der Waals surface area contributed by atoms with E-state index in [0.29, 0.717) is 18.3 Å². The maximum atomic E-state index is 12.7. The summed E-state index contributed by atoms with van der Waals surface area (Å²) in [6, 6.07) is 10.1. The second-order valence-electron chi connectivity index (χ2n) is 6.95. The van der Waals surface area contributed by atoms with Crippen LogP contribution in [0.25, 0.3) is 0 Å². The van der Waals surface area contributed by atoms with Gasteiger partial charge >= 0.3 is 0 Å². The molecule has 122 valence electrons. The molecule has 1 fully saturated rings. The van der Waals surface area contributed by atoms with Gasteiger partial charge in [-0.2, -0.15) is 0 Å². The Morgan fingerprint density at radius 3 is 2.41 bits per heavy atom. The van der Waals surface area contributed by atoms with Gasteiger partial charge in [0.15, 0.2) is 0 Å². The van der Waals surface area contributed by atoms with E-state index >= 15 is 0 Å². The molecule has 0 heterocycles. The van der Waals surface area contributed by atoms with Crippen molar-refractivity contribution >= 4 is 5.91 Å². The van der Waals surface area contributed by atoms with Crippen molar-refractivity contribution in [2.24, 2.45) is 17.8 Å². The Labute approximate surface area is 134 Å². The molecule has 3 unspecified atom stereocenters. The molecule has 0 aromatic heterocycles. The molecule has 1 aliphatic carbocycles. The topological polar surface area (TPSA) is 49.3 Å². The lowest BCUT2D eigenvalue weighted by Gasteiger charge is -2.32. The summed E-state index contributed by atoms with van der Waals surface area (Å²) in [5.74, 6) is 1.59. The van der Waals surface area contributed by atoms with Crippen LogP contribution in [0.4, 0.5) is 0 Å². The Kier molecular flexibility index (Phi) is 6.44. The minimum atomic E-state index is 0.00777. The smallest absolute Gasteiger partial charge is 0.223 e. The third kappa shape index (κ3) is 4.84. The standard InChI is InChI=1S/C19H29NO2/c1-14-11-15(2)13-17(12-14)19(22)20-18(9-6-10-21)16-7-4-3-5-8-16/h3-5,7-8,14-15,17-18,21H,6,9-13H2,1-2H3,(H,20,22). The Morgan fingerprint density at radius 2 is 1.82 bits per heavy atom. The molecule has 1 aromatic rings. The maximum Gasteiger partial charge on any atom is 0.223 e. The summed E-state index contributed by atoms with van der Waals surface area (Å²) in [5.41, 5.74) is 1.13. The van der Waals surface area contributed by atoms with Gasteiger partial charge in [0.05, 0.1) is 6.04 Å². The van der Waals surface area contributed by atoms with Crippen molar-refractivity contribution in [3.63, 3.8) is 0 Å². The Balaban J connectivity index is 2.01. The Morgan fingerprint density at radius 1 is 1.18 bits per heavy atom. The van der Waals surface area contributed by atoms with Crippen molar-refractivity contribution in [2.75, 3.05) is 6.61 Å². The van der Waals surface area contributed by atoms with E-state index in [-0.39, 0.29) is 24.5 Å². The van der Waals surface area contributed by atoms with E-state index in [1.165, 1.54) is 6.42 Å². The van der Waals surface area contributed by atoms with E-state index in [9.17, 15) is 4.79 Å². The molecular weight excluding hydrogens is 274 g/mol. The van der Waals surface area contributed by atoms with Gasteiger partial charge in [0.25, 0.3) is 0 Å². The molecule has 3 heteroatoms. The number of rotatable bonds is 6. The molecule has 0 spiro atoms. The van der Waals surface area contributed by atoms with E-state index in [0.717, 1.165) is 24.8 Å². The van der Waals surface area contributed by atoms with Gasteiger partial charge in [-0.3, -0.25) is 4.79 Å². The summed E-state index contributed by atoms with van der Waals surface area (Å²) in [6.07, 6.45) is 4.72. The minimum absolute atomic E-state index is 0.00777. The van der Waals surface area contributed by atoms with Crippen LogP contribution in [0.2, 0.25) is 0 Å². The number of carbonyl (C=O) groups excluding carboxylic acids is 1. The second kappa shape index (κ2) is 8.33. The number of aliphatic hydroxyl groups is 1. The van der Waals surface area contributed by atoms with E-state index in [1.807, 2.05) is 18.2 Å². The molecule has 3 nitrogen and oxygen atoms in total. The highest BCUT2D eigenvalue weighted by molar-refractivity contribution is 5.79. The molecule has 0 saturated heterocycles. The first-order valence-corrected chi connectivity index (χ1v) is 8.56. The van der Waals surface area contributed by atoms with Crippen molar-refractivity contribution in [1.29, 1.82) is 0 Å². The van der Waals surface area contributed by atoms with Crippen LogP contribution in [0.15, 0.2) is 30.3 Å². The largest absolute Gasteiger partial charge is 0.396 e. The number of nitrogens with one attached hydrogen (secondary N) is 1. The number of amides is 1. The van der Waals surface area contributed by atoms with Crippen LogP contribution in [0.5, 0.6) is 0 Å². The van der Waals surface area contributed by atoms with Crippen LogP contribution in [0, 0.1) is 17.8 Å². The highest BCUT2D eigenvalue weighted by atomic mass is 16.3. The van der Waals surface area contributed by atoms with Gasteiger partial charge in [-0.15, -0.1) is 0 Å². The first kappa shape index (κ1) is 17.0. The van der Waals surface area contributed by atoms with Crippen molar-refractivity contribution in [3.05, 3.63) is 35.9 Å². The molecule has 2 rings (SSSR count). The van der Waals surface area contributed by atoms with Gasteiger partial charge in [0.1, 0.15) is 0 Å². The lowest BCUT2D eigenvalue weighted by Crippen LogP contribution is -2.37. The molecule has 1 aliphatic rings. The highest BCUT2D eigenvalue weighted by Crippen LogP contribution is 2.33. The first-order valence-electron chi connectivity index (χ1n) is 8.56. The average molecular weight is 303 g/mol. The minimum Gasteiger partial charge on any atom is -0.396 e. The summed E-state index contributed by atoms with van der Waals surface area (Å²) in [6.45, 7) is 4.66. The number of hydrogen-bond acceptors (Lipinski definition) is 2. The molecule has 1 saturated carbocycles. The van der Waals surface area contributed by atoms with Crippen LogP contribution < -0.4 is 5.32 Å². The Bertz CT molecular complexity index is 450. The summed E-state index contributed by atoms with van der Waals surface area (Å²) in [4.78, 5) is 12.7. The van der Waals surface area contributed by atoms with Gasteiger partial charge in [-0.05, 0) is 49.5 Å². The fourth-order valence-electron chi connectivity index (χ4n) is 3.75. The number of benzene rings is 1. The van der Waals surface area contributed by atoms with Gasteiger partial charge in [-0.25, -0.2) is 0 Å². The van der Waals surface area contributed by atoms with Crippen molar-refractivity contribution < 1.29 is 9.90 Å². The van der Waals surface area contributed by atoms with E-state index in [2.05, 4.69) is 31.3 Å². The molecule has 1 aromatic carbocycles. The summed E-state index contributed by atoms with van der Waals surface area (Å²) in [5, 5.41) is 12.3. The van der Waals surface area contributed by atoms with Crippen molar-refractivity contribution in [1.82, 2.24) is 5.32 Å². The van der Waals surface area contributed by atoms with Gasteiger partial charge in [-0.1, -0.05) is 44.2 Å². The summed E-state index contributed by atoms with van der Waals surface area (Å²) in [7, 11) is 0. The van der Waals surface area contributed by atoms with E-state index in [1.54, 1.807) is 0 Å². The zero-order valence-corrected chi connectivity index (χ0v) is 13.8. The molecule has 0 aliphatic heterocycles. The molecule has 3 atom stereocenters. The van der Waals surface area contributed by atoms with Crippen LogP contribution in [0.3, 0.4) is 0 Å². The monoisotopic (exact) mass is 303 g/mol. The quantitative estimate of drug-likeness (QED) is 0.842. The number of aliphatic hydroxyl groups excluding tert-OH is 1. The molecular formula is C19H29NO2. The second-order valence-corrected chi connectivity index (χ2v) is 6.95. The fourth-order valence-corrected chi connectivity index (χ4v) is 3.75. The molecule has 0 radical (unpaired) electrons. The predicted molar refractivity (Wildman–Crippen MR) is 89.3 cm³/mol. The summed E-state index contributed by atoms with van der Waals surface area (Å²) < 4.78 is 0. The maximum absolute atomic E-state index is 12.7. The van der Waals surface area contributed by atoms with Crippen molar-refractivity contribution in [2.45, 2.75) is 52.0 Å². The third-order valence-corrected chi connectivity index (χ3v) is 4.72. The Hall–Kier alpha value is -1.35. The summed E-state index contributed by atoms with van der Waals surface area (Å²) >= 11 is 0. The van der Waals surface area contributed by atoms with Crippen molar-refractivity contribution in [3.8, 4) is 0 Å². The number of carbonyl (C=O) groups is 1. The average Bonchev–Trinajstić information content (AvgIpc) is 2.51.